The fraction of sp³-hybridized carbons (Fsp3) is 0.500. The van der Waals surface area contributed by atoms with E-state index in [0.29, 0.717) is 36.5 Å². The lowest BCUT2D eigenvalue weighted by molar-refractivity contribution is 0.0370. The first-order chi connectivity index (χ1) is 22.3. The molecule has 0 amide bonds. The molecule has 0 spiro atoms. The number of fused-ring (bicyclic) bond motifs is 6. The Balaban J connectivity index is 1.23. The smallest absolute Gasteiger partial charge is 0.319 e. The molecule has 7 heterocycles. The van der Waals surface area contributed by atoms with E-state index in [2.05, 4.69) is 26.2 Å². The summed E-state index contributed by atoms with van der Waals surface area (Å²) >= 11 is 0.941. The highest BCUT2D eigenvalue weighted by molar-refractivity contribution is 7.23. The number of likely N-dealkylation sites (tertiary alicyclic amines) is 1. The van der Waals surface area contributed by atoms with Gasteiger partial charge in [0.1, 0.15) is 28.6 Å². The second-order valence-corrected chi connectivity index (χ2v) is 14.4. The summed E-state index contributed by atoms with van der Waals surface area (Å²) in [5.74, 6) is -0.654. The Hall–Kier alpha value is -3.77. The minimum absolute atomic E-state index is 0.0648. The SMILES string of the molecule is N#Cc1c(N)sc2c(F)cnc(-c3c4c(c5c(N6C7CCC6CNC7)nc(OCC6(CN7CC(F)C7)CC6)nc5c3F)COC4)c12. The van der Waals surface area contributed by atoms with Crippen molar-refractivity contribution >= 4 is 43.1 Å². The van der Waals surface area contributed by atoms with Gasteiger partial charge in [0.25, 0.3) is 0 Å². The first kappa shape index (κ1) is 28.5. The van der Waals surface area contributed by atoms with Crippen molar-refractivity contribution in [2.45, 2.75) is 57.2 Å². The molecule has 2 bridgehead atoms. The minimum Gasteiger partial charge on any atom is -0.463 e. The molecule has 3 N–H and O–H groups in total. The summed E-state index contributed by atoms with van der Waals surface area (Å²) in [7, 11) is 0. The Morgan fingerprint density at radius 2 is 1.89 bits per heavy atom. The normalized spacial score (nSPS) is 23.6. The second kappa shape index (κ2) is 10.4. The summed E-state index contributed by atoms with van der Waals surface area (Å²) in [6.07, 6.45) is 4.17. The van der Waals surface area contributed by atoms with Crippen molar-refractivity contribution in [2.75, 3.05) is 50.0 Å². The van der Waals surface area contributed by atoms with Crippen molar-refractivity contribution in [3.63, 3.8) is 0 Å². The summed E-state index contributed by atoms with van der Waals surface area (Å²) in [5.41, 5.74) is 7.74. The quantitative estimate of drug-likeness (QED) is 0.298. The summed E-state index contributed by atoms with van der Waals surface area (Å²) in [4.78, 5) is 18.4. The fourth-order valence-electron chi connectivity index (χ4n) is 7.86. The van der Waals surface area contributed by atoms with Gasteiger partial charge in [0.15, 0.2) is 11.6 Å². The van der Waals surface area contributed by atoms with Crippen LogP contribution in [0.4, 0.5) is 24.0 Å². The molecular formula is C32H31F3N8O2S. The van der Waals surface area contributed by atoms with Crippen LogP contribution in [0.2, 0.25) is 0 Å². The van der Waals surface area contributed by atoms with E-state index in [1.54, 1.807) is 0 Å². The Bertz CT molecular complexity index is 1960. The van der Waals surface area contributed by atoms with Gasteiger partial charge in [-0.1, -0.05) is 0 Å². The predicted octanol–water partition coefficient (Wildman–Crippen LogP) is 4.42. The van der Waals surface area contributed by atoms with Crippen molar-refractivity contribution in [1.29, 1.82) is 5.26 Å². The highest BCUT2D eigenvalue weighted by Crippen LogP contribution is 2.49. The van der Waals surface area contributed by atoms with E-state index < -0.39 is 17.8 Å². The Morgan fingerprint density at radius 1 is 1.13 bits per heavy atom. The Morgan fingerprint density at radius 3 is 2.61 bits per heavy atom. The third-order valence-electron chi connectivity index (χ3n) is 10.4. The molecule has 3 saturated heterocycles. The lowest BCUT2D eigenvalue weighted by atomic mass is 9.93. The summed E-state index contributed by atoms with van der Waals surface area (Å²) in [6.45, 7) is 3.90. The standard InChI is InChI=1S/C32H31F3N8O2S/c33-15-9-42(10-15)13-32(3-4-32)14-45-31-40-27-24(30(41-31)43-16-1-2-17(43)7-38-6-16)20-12-44-11-19(20)22(25(27)35)26-23-18(5-36)29(37)46-28(23)21(34)8-39-26/h8,15-17,38H,1-4,6-7,9-14,37H2. The largest absolute Gasteiger partial charge is 0.463 e. The number of nitrogen functional groups attached to an aromatic ring is 1. The highest BCUT2D eigenvalue weighted by atomic mass is 32.1. The average Bonchev–Trinajstić information content (AvgIpc) is 3.34. The van der Waals surface area contributed by atoms with Crippen LogP contribution in [-0.4, -0.2) is 77.4 Å². The van der Waals surface area contributed by atoms with Gasteiger partial charge >= 0.3 is 6.01 Å². The van der Waals surface area contributed by atoms with Crippen LogP contribution in [0.25, 0.3) is 32.2 Å². The number of nitrogens with zero attached hydrogens (tertiary/aromatic N) is 6. The zero-order valence-electron chi connectivity index (χ0n) is 24.9. The molecule has 3 aromatic heterocycles. The number of piperazine rings is 1. The van der Waals surface area contributed by atoms with E-state index >= 15 is 4.39 Å². The van der Waals surface area contributed by atoms with E-state index in [1.807, 2.05) is 0 Å². The van der Waals surface area contributed by atoms with Gasteiger partial charge in [-0.2, -0.15) is 15.2 Å². The zero-order chi connectivity index (χ0) is 31.3. The molecule has 14 heteroatoms. The van der Waals surface area contributed by atoms with Crippen molar-refractivity contribution in [3.05, 3.63) is 34.5 Å². The Kier molecular flexibility index (Phi) is 6.41. The van der Waals surface area contributed by atoms with E-state index in [4.69, 9.17) is 25.2 Å². The van der Waals surface area contributed by atoms with E-state index in [1.165, 1.54) is 0 Å². The summed E-state index contributed by atoms with van der Waals surface area (Å²) < 4.78 is 58.1. The van der Waals surface area contributed by atoms with Gasteiger partial charge in [0.05, 0.1) is 47.4 Å². The van der Waals surface area contributed by atoms with Crippen molar-refractivity contribution in [1.82, 2.24) is 25.2 Å². The summed E-state index contributed by atoms with van der Waals surface area (Å²) in [5, 5.41) is 14.3. The number of thiophene rings is 1. The molecule has 4 fully saturated rings. The molecule has 4 aromatic rings. The van der Waals surface area contributed by atoms with Gasteiger partial charge in [-0.05, 0) is 36.8 Å². The molecule has 1 saturated carbocycles. The van der Waals surface area contributed by atoms with Crippen LogP contribution >= 0.6 is 11.3 Å². The fourth-order valence-corrected chi connectivity index (χ4v) is 8.78. The molecule has 5 aliphatic rings. The third-order valence-corrected chi connectivity index (χ3v) is 11.4. The highest BCUT2D eigenvalue weighted by Gasteiger charge is 2.47. The van der Waals surface area contributed by atoms with Crippen molar-refractivity contribution < 1.29 is 22.6 Å². The molecule has 2 atom stereocenters. The van der Waals surface area contributed by atoms with Gasteiger partial charge in [-0.15, -0.1) is 11.3 Å². The molecule has 1 aliphatic carbocycles. The molecule has 0 radical (unpaired) electrons. The zero-order valence-corrected chi connectivity index (χ0v) is 25.7. The van der Waals surface area contributed by atoms with Crippen LogP contribution < -0.4 is 20.7 Å². The molecule has 9 rings (SSSR count). The number of halogens is 3. The second-order valence-electron chi connectivity index (χ2n) is 13.3. The maximum absolute atomic E-state index is 17.2. The molecular weight excluding hydrogens is 617 g/mol. The number of nitriles is 1. The molecule has 2 unspecified atom stereocenters. The minimum atomic E-state index is -0.771. The maximum atomic E-state index is 17.2. The van der Waals surface area contributed by atoms with Gasteiger partial charge in [-0.25, -0.2) is 13.2 Å². The number of benzene rings is 1. The first-order valence-electron chi connectivity index (χ1n) is 15.7. The van der Waals surface area contributed by atoms with Crippen LogP contribution in [0.15, 0.2) is 6.20 Å². The van der Waals surface area contributed by atoms with Gasteiger partial charge in [-0.3, -0.25) is 9.88 Å². The number of hydrogen-bond acceptors (Lipinski definition) is 11. The number of rotatable bonds is 7. The van der Waals surface area contributed by atoms with E-state index in [-0.39, 0.29) is 74.1 Å². The predicted molar refractivity (Wildman–Crippen MR) is 166 cm³/mol. The van der Waals surface area contributed by atoms with E-state index in [0.717, 1.165) is 68.4 Å². The van der Waals surface area contributed by atoms with Crippen LogP contribution in [0.5, 0.6) is 6.01 Å². The lowest BCUT2D eigenvalue weighted by Gasteiger charge is -2.37. The van der Waals surface area contributed by atoms with Crippen LogP contribution in [-0.2, 0) is 18.0 Å². The molecule has 238 valence electrons. The molecule has 1 aromatic carbocycles. The molecule has 4 aliphatic heterocycles. The number of ether oxygens (including phenoxy) is 2. The number of aromatic nitrogens is 3. The first-order valence-corrected chi connectivity index (χ1v) is 16.5. The number of nitrogens with two attached hydrogens (primary N) is 1. The van der Waals surface area contributed by atoms with Gasteiger partial charge in [0.2, 0.25) is 0 Å². The number of alkyl halides is 1. The number of anilines is 2. The van der Waals surface area contributed by atoms with Crippen LogP contribution in [0.3, 0.4) is 0 Å². The number of hydrogen-bond donors (Lipinski definition) is 2. The van der Waals surface area contributed by atoms with Gasteiger partial charge < -0.3 is 25.4 Å². The van der Waals surface area contributed by atoms with Crippen LogP contribution in [0, 0.1) is 28.4 Å². The molecule has 10 nitrogen and oxygen atoms in total. The number of pyridine rings is 1. The van der Waals surface area contributed by atoms with Crippen molar-refractivity contribution in [3.8, 4) is 23.3 Å². The maximum Gasteiger partial charge on any atom is 0.319 e. The lowest BCUT2D eigenvalue weighted by Crippen LogP contribution is -2.52. The van der Waals surface area contributed by atoms with Crippen LogP contribution in [0.1, 0.15) is 42.4 Å². The topological polar surface area (TPSA) is 125 Å². The molecule has 46 heavy (non-hydrogen) atoms. The van der Waals surface area contributed by atoms with Crippen molar-refractivity contribution in [2.24, 2.45) is 5.41 Å². The average molecular weight is 649 g/mol. The number of nitrogens with one attached hydrogen (secondary N) is 1. The van der Waals surface area contributed by atoms with E-state index in [9.17, 15) is 14.0 Å². The summed E-state index contributed by atoms with van der Waals surface area (Å²) in [6, 6.07) is 2.51. The monoisotopic (exact) mass is 648 g/mol. The van der Waals surface area contributed by atoms with Gasteiger partial charge in [0, 0.05) is 61.2 Å². The third kappa shape index (κ3) is 4.28. The Labute approximate surface area is 266 Å².